The Morgan fingerprint density at radius 1 is 1.38 bits per heavy atom. The second kappa shape index (κ2) is 3.54. The van der Waals surface area contributed by atoms with Crippen molar-refractivity contribution in [3.63, 3.8) is 0 Å². The van der Waals surface area contributed by atoms with Crippen LogP contribution in [-0.2, 0) is 6.42 Å². The van der Waals surface area contributed by atoms with Gasteiger partial charge >= 0.3 is 0 Å². The summed E-state index contributed by atoms with van der Waals surface area (Å²) in [5, 5.41) is 0. The van der Waals surface area contributed by atoms with Crippen LogP contribution in [0.5, 0.6) is 0 Å². The Morgan fingerprint density at radius 3 is 2.38 bits per heavy atom. The number of nitrogens with two attached hydrogens (primary N) is 1. The van der Waals surface area contributed by atoms with Gasteiger partial charge in [0.15, 0.2) is 0 Å². The van der Waals surface area contributed by atoms with Crippen molar-refractivity contribution in [2.45, 2.75) is 40.2 Å². The molecule has 0 amide bonds. The Hall–Kier alpha value is -0.760. The largest absolute Gasteiger partial charge is 0.464 e. The van der Waals surface area contributed by atoms with Gasteiger partial charge in [-0.15, -0.1) is 0 Å². The van der Waals surface area contributed by atoms with Crippen LogP contribution in [0.15, 0.2) is 16.5 Å². The van der Waals surface area contributed by atoms with Crippen LogP contribution < -0.4 is 5.73 Å². The van der Waals surface area contributed by atoms with Crippen molar-refractivity contribution >= 4 is 0 Å². The summed E-state index contributed by atoms with van der Waals surface area (Å²) in [6, 6.07) is 3.96. The predicted octanol–water partition coefficient (Wildman–Crippen LogP) is 2.89. The Bertz CT molecular complexity index is 270. The minimum absolute atomic E-state index is 0.0206. The van der Waals surface area contributed by atoms with Gasteiger partial charge in [0.2, 0.25) is 0 Å². The lowest BCUT2D eigenvalue weighted by atomic mass is 9.86. The minimum atomic E-state index is -0.0206. The molecule has 0 saturated heterocycles. The van der Waals surface area contributed by atoms with Gasteiger partial charge in [-0.25, -0.2) is 0 Å². The molecule has 2 heteroatoms. The third kappa shape index (κ3) is 2.34. The van der Waals surface area contributed by atoms with Crippen molar-refractivity contribution in [1.82, 2.24) is 0 Å². The van der Waals surface area contributed by atoms with E-state index in [4.69, 9.17) is 10.2 Å². The SMILES string of the molecule is CCc1ccc([C@H](N)C(C)(C)C)o1. The van der Waals surface area contributed by atoms with Crippen LogP contribution in [0.25, 0.3) is 0 Å². The summed E-state index contributed by atoms with van der Waals surface area (Å²) in [7, 11) is 0. The quantitative estimate of drug-likeness (QED) is 0.762. The van der Waals surface area contributed by atoms with Gasteiger partial charge in [-0.3, -0.25) is 0 Å². The van der Waals surface area contributed by atoms with Crippen molar-refractivity contribution < 1.29 is 4.42 Å². The summed E-state index contributed by atoms with van der Waals surface area (Å²) < 4.78 is 5.60. The van der Waals surface area contributed by atoms with Crippen LogP contribution in [-0.4, -0.2) is 0 Å². The first kappa shape index (κ1) is 10.3. The zero-order valence-corrected chi connectivity index (χ0v) is 8.92. The Balaban J connectivity index is 2.83. The van der Waals surface area contributed by atoms with Crippen LogP contribution in [0.2, 0.25) is 0 Å². The molecular formula is C11H19NO. The maximum Gasteiger partial charge on any atom is 0.121 e. The van der Waals surface area contributed by atoms with Crippen molar-refractivity contribution in [3.8, 4) is 0 Å². The van der Waals surface area contributed by atoms with Crippen LogP contribution >= 0.6 is 0 Å². The van der Waals surface area contributed by atoms with E-state index >= 15 is 0 Å². The Morgan fingerprint density at radius 2 is 2.00 bits per heavy atom. The van der Waals surface area contributed by atoms with E-state index in [1.54, 1.807) is 0 Å². The second-order valence-corrected chi connectivity index (χ2v) is 4.50. The maximum absolute atomic E-state index is 6.05. The first-order valence-electron chi connectivity index (χ1n) is 4.79. The standard InChI is InChI=1S/C11H19NO/c1-5-8-6-7-9(13-8)10(12)11(2,3)4/h6-7,10H,5,12H2,1-4H3/t10-/m0/s1. The first-order valence-corrected chi connectivity index (χ1v) is 4.79. The molecule has 0 saturated carbocycles. The van der Waals surface area contributed by atoms with Gasteiger partial charge in [-0.1, -0.05) is 27.7 Å². The second-order valence-electron chi connectivity index (χ2n) is 4.50. The van der Waals surface area contributed by atoms with Gasteiger partial charge in [-0.05, 0) is 17.5 Å². The predicted molar refractivity (Wildman–Crippen MR) is 54.5 cm³/mol. The van der Waals surface area contributed by atoms with Gasteiger partial charge in [0.25, 0.3) is 0 Å². The van der Waals surface area contributed by atoms with E-state index in [9.17, 15) is 0 Å². The molecule has 1 atom stereocenters. The van der Waals surface area contributed by atoms with E-state index < -0.39 is 0 Å². The lowest BCUT2D eigenvalue weighted by molar-refractivity contribution is 0.280. The molecule has 0 aromatic carbocycles. The molecule has 0 unspecified atom stereocenters. The molecule has 0 aliphatic rings. The Labute approximate surface area is 80.1 Å². The molecule has 1 aromatic heterocycles. The molecule has 2 nitrogen and oxygen atoms in total. The number of furan rings is 1. The van der Waals surface area contributed by atoms with Crippen LogP contribution in [0.1, 0.15) is 45.3 Å². The van der Waals surface area contributed by atoms with E-state index in [1.165, 1.54) is 0 Å². The molecule has 1 rings (SSSR count). The molecule has 0 fully saturated rings. The summed E-state index contributed by atoms with van der Waals surface area (Å²) in [4.78, 5) is 0. The zero-order chi connectivity index (χ0) is 10.1. The summed E-state index contributed by atoms with van der Waals surface area (Å²) >= 11 is 0. The van der Waals surface area contributed by atoms with Crippen LogP contribution in [0, 0.1) is 5.41 Å². The van der Waals surface area contributed by atoms with E-state index in [-0.39, 0.29) is 11.5 Å². The van der Waals surface area contributed by atoms with Gasteiger partial charge in [0.1, 0.15) is 11.5 Å². The van der Waals surface area contributed by atoms with Crippen LogP contribution in [0.3, 0.4) is 0 Å². The lowest BCUT2D eigenvalue weighted by Gasteiger charge is -2.24. The first-order chi connectivity index (χ1) is 5.95. The zero-order valence-electron chi connectivity index (χ0n) is 8.92. The molecule has 13 heavy (non-hydrogen) atoms. The van der Waals surface area contributed by atoms with Gasteiger partial charge in [0, 0.05) is 6.42 Å². The molecule has 1 aromatic rings. The normalized spacial score (nSPS) is 14.5. The van der Waals surface area contributed by atoms with Crippen molar-refractivity contribution in [2.24, 2.45) is 11.1 Å². The highest BCUT2D eigenvalue weighted by Gasteiger charge is 2.24. The van der Waals surface area contributed by atoms with E-state index in [2.05, 4.69) is 27.7 Å². The molecule has 0 aliphatic heterocycles. The molecule has 1 heterocycles. The highest BCUT2D eigenvalue weighted by molar-refractivity contribution is 5.12. The molecule has 0 spiro atoms. The Kier molecular flexibility index (Phi) is 2.81. The average Bonchev–Trinajstić information content (AvgIpc) is 2.48. The van der Waals surface area contributed by atoms with Crippen molar-refractivity contribution in [2.75, 3.05) is 0 Å². The fourth-order valence-electron chi connectivity index (χ4n) is 1.18. The molecule has 0 aliphatic carbocycles. The van der Waals surface area contributed by atoms with Crippen molar-refractivity contribution in [1.29, 1.82) is 0 Å². The topological polar surface area (TPSA) is 39.2 Å². The third-order valence-corrected chi connectivity index (χ3v) is 2.27. The third-order valence-electron chi connectivity index (χ3n) is 2.27. The highest BCUT2D eigenvalue weighted by Crippen LogP contribution is 2.31. The number of rotatable bonds is 2. The highest BCUT2D eigenvalue weighted by atomic mass is 16.3. The van der Waals surface area contributed by atoms with E-state index in [1.807, 2.05) is 12.1 Å². The average molecular weight is 181 g/mol. The monoisotopic (exact) mass is 181 g/mol. The van der Waals surface area contributed by atoms with Crippen LogP contribution in [0.4, 0.5) is 0 Å². The fraction of sp³-hybridized carbons (Fsp3) is 0.636. The minimum Gasteiger partial charge on any atom is -0.464 e. The van der Waals surface area contributed by atoms with E-state index in [0.717, 1.165) is 17.9 Å². The van der Waals surface area contributed by atoms with Gasteiger partial charge < -0.3 is 10.2 Å². The summed E-state index contributed by atoms with van der Waals surface area (Å²) in [6.45, 7) is 8.43. The molecule has 0 radical (unpaired) electrons. The molecular weight excluding hydrogens is 162 g/mol. The molecule has 2 N–H and O–H groups in total. The summed E-state index contributed by atoms with van der Waals surface area (Å²) in [6.07, 6.45) is 0.927. The number of hydrogen-bond donors (Lipinski definition) is 1. The smallest absolute Gasteiger partial charge is 0.121 e. The fourth-order valence-corrected chi connectivity index (χ4v) is 1.18. The summed E-state index contributed by atoms with van der Waals surface area (Å²) in [5.74, 6) is 1.90. The number of hydrogen-bond acceptors (Lipinski definition) is 2. The number of aryl methyl sites for hydroxylation is 1. The maximum atomic E-state index is 6.05. The molecule has 74 valence electrons. The van der Waals surface area contributed by atoms with E-state index in [0.29, 0.717) is 0 Å². The summed E-state index contributed by atoms with van der Waals surface area (Å²) in [5.41, 5.74) is 6.10. The lowest BCUT2D eigenvalue weighted by Crippen LogP contribution is -2.25. The van der Waals surface area contributed by atoms with Gasteiger partial charge in [0.05, 0.1) is 6.04 Å². The molecule has 0 bridgehead atoms. The van der Waals surface area contributed by atoms with Crippen molar-refractivity contribution in [3.05, 3.63) is 23.7 Å². The van der Waals surface area contributed by atoms with Gasteiger partial charge in [-0.2, -0.15) is 0 Å².